The number of hydrogen-bond donors (Lipinski definition) is 2. The molecule has 4 nitrogen and oxygen atoms in total. The van der Waals surface area contributed by atoms with E-state index >= 15 is 0 Å². The number of aromatic nitrogens is 1. The van der Waals surface area contributed by atoms with Crippen LogP contribution in [0.15, 0.2) is 36.4 Å². The van der Waals surface area contributed by atoms with Crippen LogP contribution in [0.2, 0.25) is 10.0 Å². The minimum atomic E-state index is 0.00274. The predicted octanol–water partition coefficient (Wildman–Crippen LogP) is 5.39. The van der Waals surface area contributed by atoms with Crippen LogP contribution in [0.5, 0.6) is 11.8 Å². The number of hydrogen-bond acceptors (Lipinski definition) is 3. The van der Waals surface area contributed by atoms with E-state index in [1.165, 1.54) is 4.57 Å². The Bertz CT molecular complexity index is 1050. The lowest BCUT2D eigenvalue weighted by Gasteiger charge is -2.34. The summed E-state index contributed by atoms with van der Waals surface area (Å²) < 4.78 is 1.51. The standard InChI is InChI=1S/C22H22Cl2N2O2/c1-12-13(2)22(28)26(21(12)27)20-7-5-4-6-15(20)17-10-25(3)11-18-16(17)8-14(23)9-19(18)24/h4-9,17,27-28H,10-11H2,1-3H3/t17-/m0/s1. The summed E-state index contributed by atoms with van der Waals surface area (Å²) >= 11 is 12.8. The molecule has 0 spiro atoms. The molecule has 0 saturated heterocycles. The van der Waals surface area contributed by atoms with Crippen molar-refractivity contribution in [3.63, 3.8) is 0 Å². The summed E-state index contributed by atoms with van der Waals surface area (Å²) in [5, 5.41) is 22.6. The zero-order valence-electron chi connectivity index (χ0n) is 16.0. The highest BCUT2D eigenvalue weighted by Gasteiger charge is 2.30. The number of aromatic hydroxyl groups is 2. The highest BCUT2D eigenvalue weighted by atomic mass is 35.5. The maximum absolute atomic E-state index is 10.7. The molecule has 1 aliphatic heterocycles. The first kappa shape index (κ1) is 19.2. The Hall–Kier alpha value is -2.14. The number of likely N-dealkylation sites (N-methyl/N-ethyl adjacent to an activating group) is 1. The van der Waals surface area contributed by atoms with Gasteiger partial charge in [0.1, 0.15) is 0 Å². The Kier molecular flexibility index (Phi) is 4.82. The predicted molar refractivity (Wildman–Crippen MR) is 113 cm³/mol. The van der Waals surface area contributed by atoms with Crippen LogP contribution < -0.4 is 0 Å². The number of para-hydroxylation sites is 1. The van der Waals surface area contributed by atoms with Gasteiger partial charge in [0.2, 0.25) is 11.8 Å². The third-order valence-electron chi connectivity index (χ3n) is 5.70. The van der Waals surface area contributed by atoms with E-state index in [0.29, 0.717) is 21.2 Å². The molecule has 0 amide bonds. The first-order valence-electron chi connectivity index (χ1n) is 9.15. The van der Waals surface area contributed by atoms with Crippen LogP contribution >= 0.6 is 23.2 Å². The minimum absolute atomic E-state index is 0.00274. The molecule has 0 fully saturated rings. The number of rotatable bonds is 2. The number of nitrogens with zero attached hydrogens (tertiary/aromatic N) is 2. The molecule has 4 rings (SSSR count). The summed E-state index contributed by atoms with van der Waals surface area (Å²) in [6.07, 6.45) is 0. The number of benzene rings is 2. The zero-order chi connectivity index (χ0) is 20.2. The molecule has 1 aromatic heterocycles. The molecule has 6 heteroatoms. The van der Waals surface area contributed by atoms with Crippen molar-refractivity contribution < 1.29 is 10.2 Å². The fourth-order valence-electron chi connectivity index (χ4n) is 4.10. The molecule has 0 saturated carbocycles. The molecule has 3 aromatic rings. The van der Waals surface area contributed by atoms with Crippen molar-refractivity contribution in [3.8, 4) is 17.4 Å². The van der Waals surface area contributed by atoms with Gasteiger partial charge in [0.15, 0.2) is 0 Å². The molecule has 2 aromatic carbocycles. The van der Waals surface area contributed by atoms with Gasteiger partial charge in [-0.3, -0.25) is 4.57 Å². The summed E-state index contributed by atoms with van der Waals surface area (Å²) in [5.74, 6) is 0.106. The molecule has 2 heterocycles. The smallest absolute Gasteiger partial charge is 0.201 e. The van der Waals surface area contributed by atoms with E-state index in [2.05, 4.69) is 11.9 Å². The molecule has 1 atom stereocenters. The Morgan fingerprint density at radius 2 is 1.61 bits per heavy atom. The molecule has 0 unspecified atom stereocenters. The Morgan fingerprint density at radius 1 is 0.964 bits per heavy atom. The molecular weight excluding hydrogens is 395 g/mol. The topological polar surface area (TPSA) is 48.6 Å². The molecule has 28 heavy (non-hydrogen) atoms. The minimum Gasteiger partial charge on any atom is -0.494 e. The van der Waals surface area contributed by atoms with Crippen LogP contribution in [0.1, 0.15) is 33.7 Å². The van der Waals surface area contributed by atoms with Crippen molar-refractivity contribution in [2.24, 2.45) is 0 Å². The van der Waals surface area contributed by atoms with E-state index in [1.807, 2.05) is 30.3 Å². The van der Waals surface area contributed by atoms with Crippen LogP contribution in [-0.4, -0.2) is 33.3 Å². The van der Waals surface area contributed by atoms with Crippen LogP contribution in [0, 0.1) is 13.8 Å². The van der Waals surface area contributed by atoms with Crippen LogP contribution in [0.4, 0.5) is 0 Å². The van der Waals surface area contributed by atoms with Crippen LogP contribution in [0.3, 0.4) is 0 Å². The largest absolute Gasteiger partial charge is 0.494 e. The number of fused-ring (bicyclic) bond motifs is 1. The first-order chi connectivity index (χ1) is 13.3. The highest BCUT2D eigenvalue weighted by Crippen LogP contribution is 2.43. The summed E-state index contributed by atoms with van der Waals surface area (Å²) in [7, 11) is 2.06. The highest BCUT2D eigenvalue weighted by molar-refractivity contribution is 6.35. The molecule has 0 radical (unpaired) electrons. The third kappa shape index (κ3) is 2.96. The second kappa shape index (κ2) is 7.03. The zero-order valence-corrected chi connectivity index (χ0v) is 17.5. The van der Waals surface area contributed by atoms with Gasteiger partial charge < -0.3 is 15.1 Å². The van der Waals surface area contributed by atoms with Crippen molar-refractivity contribution in [2.45, 2.75) is 26.3 Å². The van der Waals surface area contributed by atoms with Gasteiger partial charge >= 0.3 is 0 Å². The monoisotopic (exact) mass is 416 g/mol. The molecule has 1 aliphatic rings. The summed E-state index contributed by atoms with van der Waals surface area (Å²) in [6.45, 7) is 5.13. The molecule has 2 N–H and O–H groups in total. The van der Waals surface area contributed by atoms with Gasteiger partial charge in [0, 0.05) is 40.2 Å². The van der Waals surface area contributed by atoms with Gasteiger partial charge in [0.05, 0.1) is 5.69 Å². The SMILES string of the molecule is Cc1c(C)c(O)n(-c2ccccc2[C@@H]2CN(C)Cc3c(Cl)cc(Cl)cc32)c1O. The Balaban J connectivity index is 1.96. The van der Waals surface area contributed by atoms with E-state index in [9.17, 15) is 10.2 Å². The molecule has 0 aliphatic carbocycles. The quantitative estimate of drug-likeness (QED) is 0.588. The van der Waals surface area contributed by atoms with E-state index < -0.39 is 0 Å². The second-order valence-corrected chi connectivity index (χ2v) is 8.34. The van der Waals surface area contributed by atoms with Crippen molar-refractivity contribution in [1.82, 2.24) is 9.47 Å². The van der Waals surface area contributed by atoms with E-state index in [-0.39, 0.29) is 17.7 Å². The normalized spacial score (nSPS) is 17.0. The first-order valence-corrected chi connectivity index (χ1v) is 9.90. The lowest BCUT2D eigenvalue weighted by atomic mass is 9.84. The Labute approximate surface area is 174 Å². The molecule has 146 valence electrons. The van der Waals surface area contributed by atoms with Crippen molar-refractivity contribution in [3.05, 3.63) is 74.3 Å². The van der Waals surface area contributed by atoms with Gasteiger partial charge in [-0.15, -0.1) is 0 Å². The second-order valence-electron chi connectivity index (χ2n) is 7.50. The lowest BCUT2D eigenvalue weighted by Crippen LogP contribution is -2.31. The van der Waals surface area contributed by atoms with Crippen molar-refractivity contribution in [1.29, 1.82) is 0 Å². The lowest BCUT2D eigenvalue weighted by molar-refractivity contribution is 0.295. The van der Waals surface area contributed by atoms with Gasteiger partial charge in [-0.2, -0.15) is 0 Å². The van der Waals surface area contributed by atoms with Crippen LogP contribution in [-0.2, 0) is 6.54 Å². The summed E-state index contributed by atoms with van der Waals surface area (Å²) in [4.78, 5) is 2.22. The Morgan fingerprint density at radius 3 is 2.29 bits per heavy atom. The fourth-order valence-corrected chi connectivity index (χ4v) is 4.67. The van der Waals surface area contributed by atoms with E-state index in [1.54, 1.807) is 19.9 Å². The van der Waals surface area contributed by atoms with Crippen molar-refractivity contribution in [2.75, 3.05) is 13.6 Å². The van der Waals surface area contributed by atoms with Crippen molar-refractivity contribution >= 4 is 23.2 Å². The molecular formula is C22H22Cl2N2O2. The van der Waals surface area contributed by atoms with Gasteiger partial charge in [0.25, 0.3) is 0 Å². The maximum atomic E-state index is 10.7. The van der Waals surface area contributed by atoms with Gasteiger partial charge in [-0.1, -0.05) is 41.4 Å². The van der Waals surface area contributed by atoms with Crippen LogP contribution in [0.25, 0.3) is 5.69 Å². The summed E-state index contributed by atoms with van der Waals surface area (Å²) in [6, 6.07) is 11.6. The third-order valence-corrected chi connectivity index (χ3v) is 6.26. The average molecular weight is 417 g/mol. The van der Waals surface area contributed by atoms with E-state index in [4.69, 9.17) is 23.2 Å². The molecule has 0 bridgehead atoms. The average Bonchev–Trinajstić information content (AvgIpc) is 2.85. The fraction of sp³-hybridized carbons (Fsp3) is 0.273. The van der Waals surface area contributed by atoms with Gasteiger partial charge in [-0.05, 0) is 55.8 Å². The summed E-state index contributed by atoms with van der Waals surface area (Å²) in [5.41, 5.74) is 5.22. The van der Waals surface area contributed by atoms with Gasteiger partial charge in [-0.25, -0.2) is 0 Å². The number of halogens is 2. The van der Waals surface area contributed by atoms with E-state index in [0.717, 1.165) is 35.5 Å². The maximum Gasteiger partial charge on any atom is 0.201 e.